The van der Waals surface area contributed by atoms with Gasteiger partial charge in [0.15, 0.2) is 0 Å². The van der Waals surface area contributed by atoms with Crippen molar-refractivity contribution in [2.75, 3.05) is 25.2 Å². The number of thioether (sulfide) groups is 2. The van der Waals surface area contributed by atoms with Crippen LogP contribution in [0.3, 0.4) is 0 Å². The molecule has 2 nitrogen and oxygen atoms in total. The molecule has 3 atom stereocenters. The third-order valence-electron chi connectivity index (χ3n) is 4.11. The Morgan fingerprint density at radius 2 is 1.95 bits per heavy atom. The van der Waals surface area contributed by atoms with E-state index in [0.717, 1.165) is 12.3 Å². The van der Waals surface area contributed by atoms with E-state index in [0.29, 0.717) is 16.5 Å². The molecule has 1 aliphatic heterocycles. The summed E-state index contributed by atoms with van der Waals surface area (Å²) in [5.41, 5.74) is 3.98. The van der Waals surface area contributed by atoms with Crippen LogP contribution in [0.15, 0.2) is 12.1 Å². The van der Waals surface area contributed by atoms with Crippen molar-refractivity contribution < 1.29 is 4.74 Å². The summed E-state index contributed by atoms with van der Waals surface area (Å²) in [5.74, 6) is 3.53. The fraction of sp³-hybridized carbons (Fsp3) is 0.647. The van der Waals surface area contributed by atoms with Crippen LogP contribution in [0.1, 0.15) is 36.6 Å². The van der Waals surface area contributed by atoms with Gasteiger partial charge in [-0.15, -0.1) is 0 Å². The molecule has 0 spiro atoms. The van der Waals surface area contributed by atoms with Gasteiger partial charge in [0.1, 0.15) is 5.75 Å². The highest BCUT2D eigenvalue weighted by Crippen LogP contribution is 2.40. The number of rotatable bonds is 5. The minimum Gasteiger partial charge on any atom is -0.496 e. The zero-order valence-electron chi connectivity index (χ0n) is 13.7. The molecule has 1 saturated heterocycles. The Bertz CT molecular complexity index is 478. The topological polar surface area (TPSA) is 21.3 Å². The van der Waals surface area contributed by atoms with Crippen molar-refractivity contribution in [2.45, 2.75) is 44.2 Å². The number of ether oxygens (including phenoxy) is 1. The van der Waals surface area contributed by atoms with Crippen molar-refractivity contribution in [3.63, 3.8) is 0 Å². The van der Waals surface area contributed by atoms with Gasteiger partial charge in [-0.05, 0) is 43.1 Å². The van der Waals surface area contributed by atoms with Crippen LogP contribution in [-0.2, 0) is 0 Å². The first-order chi connectivity index (χ1) is 10.1. The van der Waals surface area contributed by atoms with Crippen LogP contribution in [-0.4, -0.2) is 35.7 Å². The summed E-state index contributed by atoms with van der Waals surface area (Å²) in [7, 11) is 1.75. The fourth-order valence-electron chi connectivity index (χ4n) is 3.01. The SMILES string of the molecule is CCNC(c1cc(C)c(OC)cc1C)C1SCCSC1C. The number of methoxy groups -OCH3 is 1. The summed E-state index contributed by atoms with van der Waals surface area (Å²) < 4.78 is 5.46. The van der Waals surface area contributed by atoms with Crippen molar-refractivity contribution >= 4 is 23.5 Å². The maximum absolute atomic E-state index is 5.46. The first-order valence-electron chi connectivity index (χ1n) is 7.70. The zero-order chi connectivity index (χ0) is 15.4. The van der Waals surface area contributed by atoms with Gasteiger partial charge in [0.2, 0.25) is 0 Å². The molecule has 0 radical (unpaired) electrons. The summed E-state index contributed by atoms with van der Waals surface area (Å²) in [5, 5.41) is 5.05. The molecular weight excluding hydrogens is 298 g/mol. The Morgan fingerprint density at radius 3 is 2.57 bits per heavy atom. The summed E-state index contributed by atoms with van der Waals surface area (Å²) >= 11 is 4.23. The average molecular weight is 326 g/mol. The van der Waals surface area contributed by atoms with Crippen molar-refractivity contribution in [2.24, 2.45) is 0 Å². The minimum absolute atomic E-state index is 0.424. The Kier molecular flexibility index (Phi) is 6.33. The van der Waals surface area contributed by atoms with E-state index in [2.05, 4.69) is 68.7 Å². The molecule has 0 aromatic heterocycles. The second kappa shape index (κ2) is 7.80. The molecule has 1 fully saturated rings. The predicted octanol–water partition coefficient (Wildman–Crippen LogP) is 4.20. The van der Waals surface area contributed by atoms with E-state index in [9.17, 15) is 0 Å². The smallest absolute Gasteiger partial charge is 0.122 e. The molecule has 1 aromatic rings. The van der Waals surface area contributed by atoms with Gasteiger partial charge in [0.05, 0.1) is 7.11 Å². The van der Waals surface area contributed by atoms with E-state index in [-0.39, 0.29) is 0 Å². The summed E-state index contributed by atoms with van der Waals surface area (Å²) in [6, 6.07) is 4.92. The van der Waals surface area contributed by atoms with Gasteiger partial charge < -0.3 is 10.1 Å². The lowest BCUT2D eigenvalue weighted by molar-refractivity contribution is 0.410. The van der Waals surface area contributed by atoms with Crippen molar-refractivity contribution in [3.8, 4) is 5.75 Å². The fourth-order valence-corrected chi connectivity index (χ4v) is 5.94. The molecule has 0 bridgehead atoms. The molecule has 21 heavy (non-hydrogen) atoms. The normalized spacial score (nSPS) is 23.9. The second-order valence-corrected chi connectivity index (χ2v) is 8.40. The Hall–Kier alpha value is -0.320. The van der Waals surface area contributed by atoms with Crippen molar-refractivity contribution in [1.29, 1.82) is 0 Å². The van der Waals surface area contributed by atoms with Gasteiger partial charge in [0, 0.05) is 28.0 Å². The van der Waals surface area contributed by atoms with E-state index >= 15 is 0 Å². The van der Waals surface area contributed by atoms with Gasteiger partial charge in [0.25, 0.3) is 0 Å². The maximum atomic E-state index is 5.46. The number of benzene rings is 1. The van der Waals surface area contributed by atoms with Crippen molar-refractivity contribution in [3.05, 3.63) is 28.8 Å². The van der Waals surface area contributed by atoms with E-state index in [1.54, 1.807) is 7.11 Å². The molecule has 118 valence electrons. The van der Waals surface area contributed by atoms with E-state index in [4.69, 9.17) is 4.74 Å². The molecule has 4 heteroatoms. The van der Waals surface area contributed by atoms with Gasteiger partial charge in [-0.25, -0.2) is 0 Å². The van der Waals surface area contributed by atoms with Crippen molar-refractivity contribution in [1.82, 2.24) is 5.32 Å². The molecule has 2 rings (SSSR count). The largest absolute Gasteiger partial charge is 0.496 e. The lowest BCUT2D eigenvalue weighted by atomic mass is 9.94. The Balaban J connectivity index is 2.35. The number of hydrogen-bond donors (Lipinski definition) is 1. The number of aryl methyl sites for hydroxylation is 2. The lowest BCUT2D eigenvalue weighted by Gasteiger charge is -2.36. The van der Waals surface area contributed by atoms with Crippen LogP contribution in [0.4, 0.5) is 0 Å². The highest BCUT2D eigenvalue weighted by atomic mass is 32.2. The molecule has 1 aliphatic rings. The van der Waals surface area contributed by atoms with Crippen LogP contribution < -0.4 is 10.1 Å². The van der Waals surface area contributed by atoms with E-state index in [1.807, 2.05) is 0 Å². The van der Waals surface area contributed by atoms with Gasteiger partial charge in [-0.2, -0.15) is 23.5 Å². The predicted molar refractivity (Wildman–Crippen MR) is 97.1 cm³/mol. The maximum Gasteiger partial charge on any atom is 0.122 e. The third kappa shape index (κ3) is 3.91. The van der Waals surface area contributed by atoms with Crippen LogP contribution in [0.5, 0.6) is 5.75 Å². The lowest BCUT2D eigenvalue weighted by Crippen LogP contribution is -2.38. The Morgan fingerprint density at radius 1 is 1.24 bits per heavy atom. The molecular formula is C17H27NOS2. The average Bonchev–Trinajstić information content (AvgIpc) is 2.48. The molecule has 0 saturated carbocycles. The van der Waals surface area contributed by atoms with Gasteiger partial charge >= 0.3 is 0 Å². The van der Waals surface area contributed by atoms with Gasteiger partial charge in [-0.1, -0.05) is 19.9 Å². The third-order valence-corrected chi connectivity index (χ3v) is 7.30. The molecule has 1 aromatic carbocycles. The summed E-state index contributed by atoms with van der Waals surface area (Å²) in [4.78, 5) is 0. The monoisotopic (exact) mass is 325 g/mol. The Labute approximate surface area is 137 Å². The molecule has 1 heterocycles. The first kappa shape index (κ1) is 17.0. The highest BCUT2D eigenvalue weighted by Gasteiger charge is 2.32. The zero-order valence-corrected chi connectivity index (χ0v) is 15.4. The number of hydrogen-bond acceptors (Lipinski definition) is 4. The molecule has 1 N–H and O–H groups in total. The van der Waals surface area contributed by atoms with Crippen LogP contribution in [0, 0.1) is 13.8 Å². The van der Waals surface area contributed by atoms with Crippen LogP contribution in [0.25, 0.3) is 0 Å². The minimum atomic E-state index is 0.424. The quantitative estimate of drug-likeness (QED) is 0.875. The molecule has 0 amide bonds. The standard InChI is InChI=1S/C17H27NOS2/c1-6-18-16(17-13(4)20-7-8-21-17)14-9-12(3)15(19-5)10-11(14)2/h9-10,13,16-18H,6-8H2,1-5H3. The second-order valence-electron chi connectivity index (χ2n) is 5.63. The van der Waals surface area contributed by atoms with Crippen LogP contribution in [0.2, 0.25) is 0 Å². The number of nitrogens with one attached hydrogen (secondary N) is 1. The first-order valence-corrected chi connectivity index (χ1v) is 9.80. The van der Waals surface area contributed by atoms with E-state index in [1.165, 1.54) is 28.2 Å². The molecule has 0 aliphatic carbocycles. The highest BCUT2D eigenvalue weighted by molar-refractivity contribution is 8.07. The summed E-state index contributed by atoms with van der Waals surface area (Å²) in [6.45, 7) is 9.91. The van der Waals surface area contributed by atoms with E-state index < -0.39 is 0 Å². The van der Waals surface area contributed by atoms with Crippen LogP contribution >= 0.6 is 23.5 Å². The summed E-state index contributed by atoms with van der Waals surface area (Å²) in [6.07, 6.45) is 0. The molecule has 3 unspecified atom stereocenters. The van der Waals surface area contributed by atoms with Gasteiger partial charge in [-0.3, -0.25) is 0 Å².